The molecule has 2 aromatic carbocycles. The van der Waals surface area contributed by atoms with E-state index in [9.17, 15) is 4.79 Å². The van der Waals surface area contributed by atoms with Gasteiger partial charge in [0.05, 0.1) is 12.6 Å². The van der Waals surface area contributed by atoms with E-state index in [1.54, 1.807) is 14.0 Å². The number of hydrogen-bond acceptors (Lipinski definition) is 2. The van der Waals surface area contributed by atoms with Crippen LogP contribution in [0.4, 0.5) is 0 Å². The first-order valence-electron chi connectivity index (χ1n) is 7.32. The van der Waals surface area contributed by atoms with E-state index < -0.39 is 0 Å². The van der Waals surface area contributed by atoms with E-state index in [4.69, 9.17) is 4.74 Å². The van der Waals surface area contributed by atoms with Gasteiger partial charge in [0, 0.05) is 23.7 Å². The molecule has 0 fully saturated rings. The average molecular weight is 293 g/mol. The monoisotopic (exact) mass is 293 g/mol. The molecule has 1 aromatic heterocycles. The van der Waals surface area contributed by atoms with Gasteiger partial charge in [-0.2, -0.15) is 0 Å². The van der Waals surface area contributed by atoms with Crippen molar-refractivity contribution in [2.75, 3.05) is 7.11 Å². The Hall–Kier alpha value is -2.55. The molecule has 0 aliphatic heterocycles. The molecule has 0 spiro atoms. The highest BCUT2D eigenvalue weighted by Gasteiger charge is 2.15. The molecule has 0 aliphatic rings. The summed E-state index contributed by atoms with van der Waals surface area (Å²) in [6.45, 7) is 4.39. The Balaban J connectivity index is 2.15. The van der Waals surface area contributed by atoms with Gasteiger partial charge in [0.15, 0.2) is 5.78 Å². The van der Waals surface area contributed by atoms with E-state index >= 15 is 0 Å². The Morgan fingerprint density at radius 3 is 2.50 bits per heavy atom. The zero-order valence-electron chi connectivity index (χ0n) is 13.1. The summed E-state index contributed by atoms with van der Waals surface area (Å²) < 4.78 is 7.58. The van der Waals surface area contributed by atoms with Crippen LogP contribution in [0.15, 0.2) is 48.7 Å². The Morgan fingerprint density at radius 2 is 1.86 bits per heavy atom. The highest BCUT2D eigenvalue weighted by Crippen LogP contribution is 2.30. The second-order valence-electron chi connectivity index (χ2n) is 5.57. The number of aromatic nitrogens is 1. The maximum absolute atomic E-state index is 11.9. The highest BCUT2D eigenvalue weighted by molar-refractivity contribution is 6.08. The van der Waals surface area contributed by atoms with Gasteiger partial charge in [-0.3, -0.25) is 4.79 Å². The van der Waals surface area contributed by atoms with Crippen molar-refractivity contribution in [2.45, 2.75) is 20.4 Å². The molecule has 22 heavy (non-hydrogen) atoms. The van der Waals surface area contributed by atoms with Crippen molar-refractivity contribution in [3.8, 4) is 5.75 Å². The zero-order valence-corrected chi connectivity index (χ0v) is 13.1. The van der Waals surface area contributed by atoms with Crippen LogP contribution in [0.25, 0.3) is 10.9 Å². The molecule has 0 saturated carbocycles. The SMILES string of the molecule is COc1cccc2c(C(C)=O)cn(Cc3ccc(C)cc3)c12. The van der Waals surface area contributed by atoms with Crippen LogP contribution in [0.1, 0.15) is 28.4 Å². The number of benzene rings is 2. The molecule has 3 rings (SSSR count). The summed E-state index contributed by atoms with van der Waals surface area (Å²) >= 11 is 0. The molecule has 1 heterocycles. The summed E-state index contributed by atoms with van der Waals surface area (Å²) in [5.41, 5.74) is 4.14. The first kappa shape index (κ1) is 14.4. The van der Waals surface area contributed by atoms with E-state index in [-0.39, 0.29) is 5.78 Å². The van der Waals surface area contributed by atoms with Crippen molar-refractivity contribution in [1.29, 1.82) is 0 Å². The minimum atomic E-state index is 0.0703. The quantitative estimate of drug-likeness (QED) is 0.675. The molecule has 0 radical (unpaired) electrons. The topological polar surface area (TPSA) is 31.2 Å². The van der Waals surface area contributed by atoms with Crippen LogP contribution in [0, 0.1) is 6.92 Å². The van der Waals surface area contributed by atoms with Crippen molar-refractivity contribution < 1.29 is 9.53 Å². The second-order valence-corrected chi connectivity index (χ2v) is 5.57. The molecule has 0 aliphatic carbocycles. The maximum atomic E-state index is 11.9. The number of Topliss-reactive ketones (excluding diaryl/α,β-unsaturated/α-hetero) is 1. The molecular formula is C19H19NO2. The lowest BCUT2D eigenvalue weighted by Crippen LogP contribution is -1.99. The summed E-state index contributed by atoms with van der Waals surface area (Å²) in [4.78, 5) is 11.9. The van der Waals surface area contributed by atoms with Gasteiger partial charge in [-0.15, -0.1) is 0 Å². The fraction of sp³-hybridized carbons (Fsp3) is 0.211. The number of nitrogens with zero attached hydrogens (tertiary/aromatic N) is 1. The lowest BCUT2D eigenvalue weighted by molar-refractivity contribution is 0.101. The lowest BCUT2D eigenvalue weighted by atomic mass is 10.1. The zero-order chi connectivity index (χ0) is 15.7. The molecule has 3 nitrogen and oxygen atoms in total. The number of rotatable bonds is 4. The van der Waals surface area contributed by atoms with Gasteiger partial charge < -0.3 is 9.30 Å². The van der Waals surface area contributed by atoms with E-state index in [1.165, 1.54) is 11.1 Å². The van der Waals surface area contributed by atoms with E-state index in [2.05, 4.69) is 35.8 Å². The molecule has 3 heteroatoms. The fourth-order valence-corrected chi connectivity index (χ4v) is 2.79. The third-order valence-corrected chi connectivity index (χ3v) is 3.93. The van der Waals surface area contributed by atoms with Crippen LogP contribution in [-0.4, -0.2) is 17.5 Å². The van der Waals surface area contributed by atoms with Crippen LogP contribution in [0.2, 0.25) is 0 Å². The van der Waals surface area contributed by atoms with Crippen LogP contribution >= 0.6 is 0 Å². The molecule has 0 atom stereocenters. The van der Waals surface area contributed by atoms with Crippen LogP contribution in [-0.2, 0) is 6.54 Å². The average Bonchev–Trinajstić information content (AvgIpc) is 2.88. The fourth-order valence-electron chi connectivity index (χ4n) is 2.79. The lowest BCUT2D eigenvalue weighted by Gasteiger charge is -2.09. The predicted molar refractivity (Wildman–Crippen MR) is 88.8 cm³/mol. The predicted octanol–water partition coefficient (Wildman–Crippen LogP) is 4.21. The van der Waals surface area contributed by atoms with E-state index in [1.807, 2.05) is 24.4 Å². The van der Waals surface area contributed by atoms with Crippen LogP contribution < -0.4 is 4.74 Å². The minimum absolute atomic E-state index is 0.0703. The number of methoxy groups -OCH3 is 1. The molecule has 0 unspecified atom stereocenters. The van der Waals surface area contributed by atoms with Gasteiger partial charge in [-0.1, -0.05) is 42.0 Å². The maximum Gasteiger partial charge on any atom is 0.161 e. The second kappa shape index (κ2) is 5.68. The largest absolute Gasteiger partial charge is 0.495 e. The van der Waals surface area contributed by atoms with Gasteiger partial charge in [-0.25, -0.2) is 0 Å². The first-order chi connectivity index (χ1) is 10.6. The Bertz CT molecular complexity index is 829. The third-order valence-electron chi connectivity index (χ3n) is 3.93. The van der Waals surface area contributed by atoms with Crippen molar-refractivity contribution in [3.05, 3.63) is 65.4 Å². The first-order valence-corrected chi connectivity index (χ1v) is 7.32. The summed E-state index contributed by atoms with van der Waals surface area (Å²) in [7, 11) is 1.66. The van der Waals surface area contributed by atoms with Gasteiger partial charge in [0.25, 0.3) is 0 Å². The van der Waals surface area contributed by atoms with Crippen molar-refractivity contribution >= 4 is 16.7 Å². The summed E-state index contributed by atoms with van der Waals surface area (Å²) in [6, 6.07) is 14.3. The summed E-state index contributed by atoms with van der Waals surface area (Å²) in [5, 5.41) is 0.943. The van der Waals surface area contributed by atoms with Crippen molar-refractivity contribution in [3.63, 3.8) is 0 Å². The number of ether oxygens (including phenoxy) is 1. The number of carbonyl (C=O) groups is 1. The molecule has 3 aromatic rings. The summed E-state index contributed by atoms with van der Waals surface area (Å²) in [5.74, 6) is 0.859. The number of hydrogen-bond donors (Lipinski definition) is 0. The number of ketones is 1. The Labute approximate surface area is 130 Å². The Morgan fingerprint density at radius 1 is 1.14 bits per heavy atom. The van der Waals surface area contributed by atoms with Gasteiger partial charge in [0.2, 0.25) is 0 Å². The van der Waals surface area contributed by atoms with E-state index in [0.717, 1.165) is 22.2 Å². The van der Waals surface area contributed by atoms with Gasteiger partial charge in [-0.05, 0) is 25.5 Å². The molecule has 0 bridgehead atoms. The standard InChI is InChI=1S/C19H19NO2/c1-13-7-9-15(10-8-13)11-20-12-17(14(2)21)16-5-4-6-18(22-3)19(16)20/h4-10,12H,11H2,1-3H3. The highest BCUT2D eigenvalue weighted by atomic mass is 16.5. The van der Waals surface area contributed by atoms with Crippen LogP contribution in [0.5, 0.6) is 5.75 Å². The molecule has 112 valence electrons. The molecule has 0 saturated heterocycles. The van der Waals surface area contributed by atoms with Gasteiger partial charge in [0.1, 0.15) is 5.75 Å². The third kappa shape index (κ3) is 2.50. The molecule has 0 N–H and O–H groups in total. The van der Waals surface area contributed by atoms with Crippen molar-refractivity contribution in [2.24, 2.45) is 0 Å². The number of para-hydroxylation sites is 1. The molecular weight excluding hydrogens is 274 g/mol. The number of fused-ring (bicyclic) bond motifs is 1. The van der Waals surface area contributed by atoms with Gasteiger partial charge >= 0.3 is 0 Å². The summed E-state index contributed by atoms with van der Waals surface area (Å²) in [6.07, 6.45) is 1.93. The number of aryl methyl sites for hydroxylation is 1. The normalized spacial score (nSPS) is 10.9. The minimum Gasteiger partial charge on any atom is -0.495 e. The Kier molecular flexibility index (Phi) is 3.72. The van der Waals surface area contributed by atoms with E-state index in [0.29, 0.717) is 6.54 Å². The molecule has 0 amide bonds. The number of carbonyl (C=O) groups excluding carboxylic acids is 1. The smallest absolute Gasteiger partial charge is 0.161 e. The van der Waals surface area contributed by atoms with Crippen molar-refractivity contribution in [1.82, 2.24) is 4.57 Å². The van der Waals surface area contributed by atoms with Crippen LogP contribution in [0.3, 0.4) is 0 Å².